The quantitative estimate of drug-likeness (QED) is 0.367. The molecule has 1 aromatic carbocycles. The number of imidazole rings is 1. The van der Waals surface area contributed by atoms with Gasteiger partial charge in [-0.1, -0.05) is 0 Å². The summed E-state index contributed by atoms with van der Waals surface area (Å²) in [6, 6.07) is 11.0. The third-order valence-corrected chi connectivity index (χ3v) is 4.00. The second-order valence-electron chi connectivity index (χ2n) is 6.18. The maximum absolute atomic E-state index is 12.1. The van der Waals surface area contributed by atoms with Crippen LogP contribution in [0.3, 0.4) is 0 Å². The summed E-state index contributed by atoms with van der Waals surface area (Å²) in [4.78, 5) is 34.9. The standard InChI is InChI=1S/C19H15N7O4/c1-12-21-16(10-17(22-12)25-9-8-20-11-25)23-13-2-4-14(5-3-13)24-19(27)15-6-7-18(30-15)26(28)29/h2-11H,1H3,(H,24,27)(H,21,22,23). The number of carbonyl (C=O) groups excluding carboxylic acids is 1. The van der Waals surface area contributed by atoms with Crippen molar-refractivity contribution in [1.82, 2.24) is 19.5 Å². The van der Waals surface area contributed by atoms with E-state index in [1.165, 1.54) is 6.07 Å². The third-order valence-electron chi connectivity index (χ3n) is 4.00. The van der Waals surface area contributed by atoms with E-state index in [9.17, 15) is 14.9 Å². The molecule has 3 heterocycles. The van der Waals surface area contributed by atoms with E-state index in [4.69, 9.17) is 4.42 Å². The first-order chi connectivity index (χ1) is 14.5. The topological polar surface area (TPSA) is 141 Å². The van der Waals surface area contributed by atoms with Gasteiger partial charge in [0.05, 0.1) is 6.07 Å². The van der Waals surface area contributed by atoms with Crippen molar-refractivity contribution in [2.75, 3.05) is 10.6 Å². The third kappa shape index (κ3) is 4.14. The average molecular weight is 405 g/mol. The molecule has 0 atom stereocenters. The highest BCUT2D eigenvalue weighted by Gasteiger charge is 2.17. The van der Waals surface area contributed by atoms with Crippen molar-refractivity contribution < 1.29 is 14.1 Å². The minimum atomic E-state index is -0.704. The molecule has 2 N–H and O–H groups in total. The summed E-state index contributed by atoms with van der Waals surface area (Å²) in [6.07, 6.45) is 5.10. The van der Waals surface area contributed by atoms with Gasteiger partial charge in [-0.15, -0.1) is 0 Å². The lowest BCUT2D eigenvalue weighted by atomic mass is 10.2. The summed E-state index contributed by atoms with van der Waals surface area (Å²) >= 11 is 0. The zero-order valence-corrected chi connectivity index (χ0v) is 15.6. The van der Waals surface area contributed by atoms with Gasteiger partial charge in [-0.25, -0.2) is 15.0 Å². The van der Waals surface area contributed by atoms with Crippen molar-refractivity contribution >= 4 is 29.0 Å². The van der Waals surface area contributed by atoms with Crippen LogP contribution >= 0.6 is 0 Å². The van der Waals surface area contributed by atoms with Crippen molar-refractivity contribution in [3.05, 3.63) is 82.9 Å². The number of furan rings is 1. The first kappa shape index (κ1) is 18.8. The van der Waals surface area contributed by atoms with Crippen LogP contribution in [0.2, 0.25) is 0 Å². The summed E-state index contributed by atoms with van der Waals surface area (Å²) in [5.74, 6) is 0.660. The highest BCUT2D eigenvalue weighted by Crippen LogP contribution is 2.21. The number of nitrogens with one attached hydrogen (secondary N) is 2. The van der Waals surface area contributed by atoms with Crippen LogP contribution in [0.25, 0.3) is 5.82 Å². The van der Waals surface area contributed by atoms with E-state index in [0.29, 0.717) is 23.1 Å². The summed E-state index contributed by atoms with van der Waals surface area (Å²) in [7, 11) is 0. The van der Waals surface area contributed by atoms with Crippen molar-refractivity contribution in [1.29, 1.82) is 0 Å². The Bertz CT molecular complexity index is 1200. The van der Waals surface area contributed by atoms with Crippen LogP contribution in [0.5, 0.6) is 0 Å². The molecule has 30 heavy (non-hydrogen) atoms. The molecule has 0 aliphatic carbocycles. The monoisotopic (exact) mass is 405 g/mol. The van der Waals surface area contributed by atoms with Gasteiger partial charge in [0.2, 0.25) is 0 Å². The van der Waals surface area contributed by atoms with Gasteiger partial charge in [0.25, 0.3) is 5.91 Å². The maximum atomic E-state index is 12.1. The predicted octanol–water partition coefficient (Wildman–Crippen LogP) is 3.47. The molecule has 0 aliphatic rings. The molecule has 0 unspecified atom stereocenters. The maximum Gasteiger partial charge on any atom is 0.433 e. The number of aryl methyl sites for hydroxylation is 1. The van der Waals surface area contributed by atoms with E-state index in [0.717, 1.165) is 11.8 Å². The number of hydrogen-bond donors (Lipinski definition) is 2. The molecule has 3 aromatic heterocycles. The average Bonchev–Trinajstić information content (AvgIpc) is 3.41. The molecule has 0 saturated heterocycles. The van der Waals surface area contributed by atoms with E-state index in [1.807, 2.05) is 0 Å². The Kier molecular flexibility index (Phi) is 4.91. The number of nitrogens with zero attached hydrogens (tertiary/aromatic N) is 5. The van der Waals surface area contributed by atoms with Gasteiger partial charge >= 0.3 is 5.88 Å². The molecular formula is C19H15N7O4. The Labute approximate surface area is 169 Å². The minimum Gasteiger partial charge on any atom is -0.395 e. The molecule has 4 rings (SSSR count). The largest absolute Gasteiger partial charge is 0.433 e. The van der Waals surface area contributed by atoms with Gasteiger partial charge in [0.1, 0.15) is 28.7 Å². The normalized spacial score (nSPS) is 10.6. The van der Waals surface area contributed by atoms with Gasteiger partial charge in [0, 0.05) is 29.8 Å². The molecule has 0 aliphatic heterocycles. The van der Waals surface area contributed by atoms with Crippen LogP contribution in [0.15, 0.2) is 65.6 Å². The van der Waals surface area contributed by atoms with Gasteiger partial charge in [0.15, 0.2) is 5.76 Å². The van der Waals surface area contributed by atoms with Crippen molar-refractivity contribution in [3.8, 4) is 5.82 Å². The zero-order chi connectivity index (χ0) is 21.1. The molecule has 150 valence electrons. The van der Waals surface area contributed by atoms with E-state index in [2.05, 4.69) is 25.6 Å². The number of nitro groups is 1. The molecular weight excluding hydrogens is 390 g/mol. The first-order valence-corrected chi connectivity index (χ1v) is 8.74. The van der Waals surface area contributed by atoms with Crippen molar-refractivity contribution in [2.45, 2.75) is 6.92 Å². The van der Waals surface area contributed by atoms with Crippen LogP contribution in [0.4, 0.5) is 23.1 Å². The van der Waals surface area contributed by atoms with Crippen molar-refractivity contribution in [3.63, 3.8) is 0 Å². The molecule has 11 nitrogen and oxygen atoms in total. The molecule has 11 heteroatoms. The predicted molar refractivity (Wildman–Crippen MR) is 107 cm³/mol. The van der Waals surface area contributed by atoms with Gasteiger partial charge in [-0.05, 0) is 37.3 Å². The summed E-state index contributed by atoms with van der Waals surface area (Å²) < 4.78 is 6.67. The van der Waals surface area contributed by atoms with Crippen LogP contribution < -0.4 is 10.6 Å². The number of aromatic nitrogens is 4. The Hall–Kier alpha value is -4.54. The Morgan fingerprint density at radius 1 is 1.13 bits per heavy atom. The molecule has 4 aromatic rings. The van der Waals surface area contributed by atoms with Crippen LogP contribution in [-0.2, 0) is 0 Å². The fraction of sp³-hybridized carbons (Fsp3) is 0.0526. The van der Waals surface area contributed by atoms with Gasteiger partial charge < -0.3 is 15.1 Å². The van der Waals surface area contributed by atoms with E-state index in [-0.39, 0.29) is 5.76 Å². The fourth-order valence-electron chi connectivity index (χ4n) is 2.67. The summed E-state index contributed by atoms with van der Waals surface area (Å²) in [6.45, 7) is 1.79. The number of anilines is 3. The molecule has 0 spiro atoms. The van der Waals surface area contributed by atoms with E-state index in [1.54, 1.807) is 60.5 Å². The molecule has 0 bridgehead atoms. The van der Waals surface area contributed by atoms with Crippen LogP contribution in [0.1, 0.15) is 16.4 Å². The highest BCUT2D eigenvalue weighted by molar-refractivity contribution is 6.02. The number of rotatable bonds is 6. The second-order valence-corrected chi connectivity index (χ2v) is 6.18. The number of benzene rings is 1. The summed E-state index contributed by atoms with van der Waals surface area (Å²) in [5, 5.41) is 16.5. The smallest absolute Gasteiger partial charge is 0.395 e. The Morgan fingerprint density at radius 3 is 2.57 bits per heavy atom. The van der Waals surface area contributed by atoms with Crippen molar-refractivity contribution in [2.24, 2.45) is 0 Å². The molecule has 0 radical (unpaired) electrons. The number of carbonyl (C=O) groups is 1. The number of hydrogen-bond acceptors (Lipinski definition) is 8. The van der Waals surface area contributed by atoms with E-state index < -0.39 is 16.7 Å². The summed E-state index contributed by atoms with van der Waals surface area (Å²) in [5.41, 5.74) is 1.25. The van der Waals surface area contributed by atoms with Gasteiger partial charge in [-0.3, -0.25) is 19.5 Å². The lowest BCUT2D eigenvalue weighted by molar-refractivity contribution is -0.402. The molecule has 1 amide bonds. The zero-order valence-electron chi connectivity index (χ0n) is 15.6. The molecule has 0 saturated carbocycles. The van der Waals surface area contributed by atoms with Crippen LogP contribution in [-0.4, -0.2) is 30.3 Å². The lowest BCUT2D eigenvalue weighted by Crippen LogP contribution is -2.10. The first-order valence-electron chi connectivity index (χ1n) is 8.74. The van der Waals surface area contributed by atoms with E-state index >= 15 is 0 Å². The SMILES string of the molecule is Cc1nc(Nc2ccc(NC(=O)c3ccc([N+](=O)[O-])o3)cc2)cc(-n2ccnc2)n1. The number of amides is 1. The Balaban J connectivity index is 1.45. The Morgan fingerprint density at radius 2 is 1.90 bits per heavy atom. The minimum absolute atomic E-state index is 0.146. The van der Waals surface area contributed by atoms with Gasteiger partial charge in [-0.2, -0.15) is 0 Å². The second kappa shape index (κ2) is 7.83. The molecule has 0 fully saturated rings. The fourth-order valence-corrected chi connectivity index (χ4v) is 2.67. The highest BCUT2D eigenvalue weighted by atomic mass is 16.6. The van der Waals surface area contributed by atoms with Crippen LogP contribution in [0, 0.1) is 17.0 Å². The lowest BCUT2D eigenvalue weighted by Gasteiger charge is -2.10.